The van der Waals surface area contributed by atoms with Crippen LogP contribution in [0, 0.1) is 6.92 Å². The van der Waals surface area contributed by atoms with Crippen molar-refractivity contribution < 1.29 is 8.83 Å². The minimum Gasteiger partial charge on any atom is -0.461 e. The molecule has 1 aliphatic rings. The molecule has 0 fully saturated rings. The van der Waals surface area contributed by atoms with Gasteiger partial charge in [0.1, 0.15) is 22.5 Å². The Morgan fingerprint density at radius 2 is 1.38 bits per heavy atom. The van der Waals surface area contributed by atoms with Crippen LogP contribution in [0.4, 0.5) is 0 Å². The van der Waals surface area contributed by atoms with Crippen LogP contribution in [0.15, 0.2) is 119 Å². The Morgan fingerprint density at radius 1 is 0.646 bits per heavy atom. The van der Waals surface area contributed by atoms with Crippen molar-refractivity contribution in [1.29, 1.82) is 0 Å². The molecule has 1 aliphatic carbocycles. The molecule has 0 saturated carbocycles. The van der Waals surface area contributed by atoms with E-state index in [9.17, 15) is 0 Å². The van der Waals surface area contributed by atoms with E-state index in [4.69, 9.17) is 23.8 Å². The summed E-state index contributed by atoms with van der Waals surface area (Å²) in [7, 11) is 0. The Kier molecular flexibility index (Phi) is 6.28. The maximum Gasteiger partial charge on any atom is 0.164 e. The van der Waals surface area contributed by atoms with Crippen molar-refractivity contribution in [3.8, 4) is 45.3 Å². The highest BCUT2D eigenvalue weighted by Gasteiger charge is 2.44. The van der Waals surface area contributed by atoms with Crippen molar-refractivity contribution in [2.45, 2.75) is 39.0 Å². The molecule has 0 aliphatic heterocycles. The van der Waals surface area contributed by atoms with Gasteiger partial charge in [-0.3, -0.25) is 0 Å². The first-order valence-corrected chi connectivity index (χ1v) is 16.6. The van der Waals surface area contributed by atoms with E-state index in [-0.39, 0.29) is 5.41 Å². The number of benzene rings is 5. The number of fused-ring (bicyclic) bond motifs is 8. The highest BCUT2D eigenvalue weighted by molar-refractivity contribution is 6.10. The van der Waals surface area contributed by atoms with Gasteiger partial charge in [0, 0.05) is 49.4 Å². The molecule has 48 heavy (non-hydrogen) atoms. The van der Waals surface area contributed by atoms with Gasteiger partial charge in [0.2, 0.25) is 0 Å². The summed E-state index contributed by atoms with van der Waals surface area (Å²) in [6.45, 7) is 10.6. The molecule has 3 heterocycles. The molecule has 8 aromatic rings. The van der Waals surface area contributed by atoms with E-state index in [1.54, 1.807) is 0 Å². The van der Waals surface area contributed by atoms with Gasteiger partial charge in [0.25, 0.3) is 0 Å². The lowest BCUT2D eigenvalue weighted by molar-refractivity contribution is 0.486. The summed E-state index contributed by atoms with van der Waals surface area (Å²) in [5.41, 5.74) is 11.2. The standard InChI is InChI=1S/C43H33N3O2/c1-5-28-25(4)47-36-23-20-27(24-33(28)36)41-44-40(26-14-9-8-10-15-26)45-42(46-41)32-17-13-18-34-37(32)31-22-21-30-29-16-11-12-19-35(29)48-39(30)38(31)43(34,6-2)7-3/h5,8-24H,1,6-7H2,2-4H3. The van der Waals surface area contributed by atoms with Gasteiger partial charge in [-0.05, 0) is 66.8 Å². The van der Waals surface area contributed by atoms with Crippen molar-refractivity contribution in [1.82, 2.24) is 15.0 Å². The van der Waals surface area contributed by atoms with Crippen molar-refractivity contribution in [2.75, 3.05) is 0 Å². The van der Waals surface area contributed by atoms with Crippen molar-refractivity contribution in [2.24, 2.45) is 0 Å². The summed E-state index contributed by atoms with van der Waals surface area (Å²) in [5.74, 6) is 2.71. The van der Waals surface area contributed by atoms with Gasteiger partial charge >= 0.3 is 0 Å². The predicted octanol–water partition coefficient (Wildman–Crippen LogP) is 11.6. The van der Waals surface area contributed by atoms with E-state index >= 15 is 0 Å². The summed E-state index contributed by atoms with van der Waals surface area (Å²) in [4.78, 5) is 15.4. The molecule has 5 nitrogen and oxygen atoms in total. The zero-order chi connectivity index (χ0) is 32.6. The van der Waals surface area contributed by atoms with Crippen LogP contribution < -0.4 is 0 Å². The predicted molar refractivity (Wildman–Crippen MR) is 195 cm³/mol. The molecule has 0 bridgehead atoms. The Balaban J connectivity index is 1.32. The smallest absolute Gasteiger partial charge is 0.164 e. The number of para-hydroxylation sites is 1. The first-order valence-electron chi connectivity index (χ1n) is 16.6. The van der Waals surface area contributed by atoms with Gasteiger partial charge in [-0.2, -0.15) is 0 Å². The Hall–Kier alpha value is -5.81. The monoisotopic (exact) mass is 623 g/mol. The second-order valence-electron chi connectivity index (χ2n) is 12.6. The molecule has 0 amide bonds. The third-order valence-corrected chi connectivity index (χ3v) is 10.4. The largest absolute Gasteiger partial charge is 0.461 e. The minimum atomic E-state index is -0.211. The van der Waals surface area contributed by atoms with Crippen LogP contribution in [0.3, 0.4) is 0 Å². The quantitative estimate of drug-likeness (QED) is 0.184. The van der Waals surface area contributed by atoms with E-state index in [0.717, 1.165) is 73.8 Å². The maximum absolute atomic E-state index is 6.68. The number of rotatable bonds is 6. The normalized spacial score (nSPS) is 13.3. The van der Waals surface area contributed by atoms with Crippen LogP contribution in [0.2, 0.25) is 0 Å². The van der Waals surface area contributed by atoms with Crippen molar-refractivity contribution >= 4 is 39.0 Å². The fraction of sp³-hybridized carbons (Fsp3) is 0.140. The van der Waals surface area contributed by atoms with Crippen LogP contribution in [0.1, 0.15) is 49.1 Å². The number of hydrogen-bond donors (Lipinski definition) is 0. The lowest BCUT2D eigenvalue weighted by Gasteiger charge is -2.29. The Bertz CT molecular complexity index is 2570. The second kappa shape index (κ2) is 10.6. The number of aromatic nitrogens is 3. The molecule has 0 atom stereocenters. The van der Waals surface area contributed by atoms with Crippen LogP contribution >= 0.6 is 0 Å². The molecular formula is C43H33N3O2. The molecule has 232 valence electrons. The first-order chi connectivity index (χ1) is 23.5. The summed E-state index contributed by atoms with van der Waals surface area (Å²) < 4.78 is 12.7. The SMILES string of the molecule is C=Cc1c(C)oc2ccc(-c3nc(-c4ccccc4)nc(-c4cccc5c4-c4ccc6c(oc7ccccc76)c4C5(CC)CC)n3)cc12. The molecule has 0 unspecified atom stereocenters. The first kappa shape index (κ1) is 28.4. The second-order valence-corrected chi connectivity index (χ2v) is 12.6. The summed E-state index contributed by atoms with van der Waals surface area (Å²) in [5, 5.41) is 3.29. The fourth-order valence-corrected chi connectivity index (χ4v) is 7.99. The summed E-state index contributed by atoms with van der Waals surface area (Å²) in [6, 6.07) is 35.6. The molecule has 0 saturated heterocycles. The Morgan fingerprint density at radius 3 is 2.17 bits per heavy atom. The van der Waals surface area contributed by atoms with E-state index in [1.165, 1.54) is 22.3 Å². The number of hydrogen-bond acceptors (Lipinski definition) is 5. The molecule has 0 spiro atoms. The van der Waals surface area contributed by atoms with E-state index in [0.29, 0.717) is 17.5 Å². The van der Waals surface area contributed by atoms with Crippen LogP contribution in [0.5, 0.6) is 0 Å². The molecule has 0 N–H and O–H groups in total. The van der Waals surface area contributed by atoms with Gasteiger partial charge in [0.05, 0.1) is 0 Å². The molecular weight excluding hydrogens is 590 g/mol. The average Bonchev–Trinajstić information content (AvgIpc) is 3.78. The van der Waals surface area contributed by atoms with Crippen molar-refractivity contribution in [3.05, 3.63) is 132 Å². The molecule has 0 radical (unpaired) electrons. The Labute approximate surface area is 278 Å². The topological polar surface area (TPSA) is 65.0 Å². The molecule has 5 heteroatoms. The van der Waals surface area contributed by atoms with Crippen molar-refractivity contribution in [3.63, 3.8) is 0 Å². The third kappa shape index (κ3) is 3.94. The fourth-order valence-electron chi connectivity index (χ4n) is 7.99. The van der Waals surface area contributed by atoms with E-state index in [2.05, 4.69) is 75.0 Å². The zero-order valence-electron chi connectivity index (χ0n) is 27.2. The van der Waals surface area contributed by atoms with Gasteiger partial charge in [0.15, 0.2) is 17.5 Å². The number of furan rings is 2. The highest BCUT2D eigenvalue weighted by Crippen LogP contribution is 2.58. The lowest BCUT2D eigenvalue weighted by Crippen LogP contribution is -2.23. The van der Waals surface area contributed by atoms with Gasteiger partial charge in [-0.15, -0.1) is 0 Å². The molecule has 9 rings (SSSR count). The minimum absolute atomic E-state index is 0.211. The lowest BCUT2D eigenvalue weighted by atomic mass is 9.73. The van der Waals surface area contributed by atoms with Gasteiger partial charge in [-0.25, -0.2) is 15.0 Å². The highest BCUT2D eigenvalue weighted by atomic mass is 16.3. The van der Waals surface area contributed by atoms with Gasteiger partial charge < -0.3 is 8.83 Å². The number of nitrogens with zero attached hydrogens (tertiary/aromatic N) is 3. The average molecular weight is 624 g/mol. The third-order valence-electron chi connectivity index (χ3n) is 10.4. The van der Waals surface area contributed by atoms with Crippen LogP contribution in [-0.4, -0.2) is 15.0 Å². The van der Waals surface area contributed by atoms with Crippen LogP contribution in [0.25, 0.3) is 84.3 Å². The van der Waals surface area contributed by atoms with E-state index in [1.807, 2.05) is 61.5 Å². The van der Waals surface area contributed by atoms with Gasteiger partial charge in [-0.1, -0.05) is 99.3 Å². The summed E-state index contributed by atoms with van der Waals surface area (Å²) in [6.07, 6.45) is 3.73. The number of aryl methyl sites for hydroxylation is 1. The molecule has 5 aromatic carbocycles. The van der Waals surface area contributed by atoms with E-state index < -0.39 is 0 Å². The summed E-state index contributed by atoms with van der Waals surface area (Å²) >= 11 is 0. The maximum atomic E-state index is 6.68. The van der Waals surface area contributed by atoms with Crippen LogP contribution in [-0.2, 0) is 5.41 Å². The molecule has 3 aromatic heterocycles. The zero-order valence-corrected chi connectivity index (χ0v) is 27.2.